The van der Waals surface area contributed by atoms with Crippen molar-refractivity contribution in [2.75, 3.05) is 20.2 Å². The van der Waals surface area contributed by atoms with E-state index >= 15 is 0 Å². The average molecular weight is 228 g/mol. The Morgan fingerprint density at radius 1 is 1.38 bits per heavy atom. The molecule has 0 radical (unpaired) electrons. The summed E-state index contributed by atoms with van der Waals surface area (Å²) in [5.41, 5.74) is 0. The number of hydrogen-bond acceptors (Lipinski definition) is 3. The van der Waals surface area contributed by atoms with Crippen LogP contribution in [0.25, 0.3) is 0 Å². The van der Waals surface area contributed by atoms with Crippen molar-refractivity contribution in [1.29, 1.82) is 0 Å². The summed E-state index contributed by atoms with van der Waals surface area (Å²) in [4.78, 5) is 2.40. The summed E-state index contributed by atoms with van der Waals surface area (Å²) in [6, 6.07) is 1.64. The van der Waals surface area contributed by atoms with Gasteiger partial charge in [0.2, 0.25) is 0 Å². The molecule has 1 aliphatic rings. The number of aliphatic hydroxyl groups is 1. The van der Waals surface area contributed by atoms with Gasteiger partial charge in [-0.1, -0.05) is 13.3 Å². The van der Waals surface area contributed by atoms with Crippen LogP contribution < -0.4 is 5.32 Å². The average Bonchev–Trinajstić information content (AvgIpc) is 3.07. The smallest absolute Gasteiger partial charge is 0.0585 e. The van der Waals surface area contributed by atoms with E-state index < -0.39 is 0 Å². The Morgan fingerprint density at radius 3 is 2.56 bits per heavy atom. The molecule has 0 aromatic rings. The van der Waals surface area contributed by atoms with E-state index in [1.54, 1.807) is 0 Å². The molecule has 1 rings (SSSR count). The molecule has 1 aliphatic carbocycles. The summed E-state index contributed by atoms with van der Waals surface area (Å²) in [7, 11) is 2.19. The Kier molecular flexibility index (Phi) is 6.32. The topological polar surface area (TPSA) is 35.5 Å². The third kappa shape index (κ3) is 5.28. The molecule has 0 amide bonds. The van der Waals surface area contributed by atoms with Crippen LogP contribution in [0.2, 0.25) is 0 Å². The molecule has 1 fully saturated rings. The maximum atomic E-state index is 9.28. The van der Waals surface area contributed by atoms with Crippen LogP contribution in [0.4, 0.5) is 0 Å². The highest BCUT2D eigenvalue weighted by atomic mass is 16.3. The van der Waals surface area contributed by atoms with Gasteiger partial charge in [-0.05, 0) is 46.2 Å². The fraction of sp³-hybridized carbons (Fsp3) is 1.00. The molecule has 1 saturated carbocycles. The van der Waals surface area contributed by atoms with E-state index in [9.17, 15) is 5.11 Å². The van der Waals surface area contributed by atoms with Gasteiger partial charge in [0.25, 0.3) is 0 Å². The highest BCUT2D eigenvalue weighted by Crippen LogP contribution is 2.20. The first kappa shape index (κ1) is 13.9. The van der Waals surface area contributed by atoms with E-state index in [1.165, 1.54) is 25.7 Å². The van der Waals surface area contributed by atoms with Crippen molar-refractivity contribution in [2.45, 2.75) is 64.1 Å². The lowest BCUT2D eigenvalue weighted by atomic mass is 10.1. The molecule has 0 spiro atoms. The lowest BCUT2D eigenvalue weighted by Crippen LogP contribution is -2.39. The van der Waals surface area contributed by atoms with Gasteiger partial charge in [0.05, 0.1) is 6.61 Å². The number of aliphatic hydroxyl groups excluding tert-OH is 1. The molecule has 2 atom stereocenters. The van der Waals surface area contributed by atoms with Gasteiger partial charge in [-0.15, -0.1) is 0 Å². The molecule has 0 aromatic heterocycles. The van der Waals surface area contributed by atoms with Crippen LogP contribution in [0, 0.1) is 0 Å². The molecule has 2 N–H and O–H groups in total. The molecule has 0 bridgehead atoms. The van der Waals surface area contributed by atoms with Crippen molar-refractivity contribution < 1.29 is 5.11 Å². The second-order valence-electron chi connectivity index (χ2n) is 5.23. The van der Waals surface area contributed by atoms with E-state index in [2.05, 4.69) is 31.1 Å². The van der Waals surface area contributed by atoms with Gasteiger partial charge in [-0.25, -0.2) is 0 Å². The van der Waals surface area contributed by atoms with Crippen LogP contribution in [0.1, 0.15) is 46.0 Å². The van der Waals surface area contributed by atoms with Crippen LogP contribution in [-0.4, -0.2) is 48.3 Å². The summed E-state index contributed by atoms with van der Waals surface area (Å²) >= 11 is 0. The SMILES string of the molecule is CCCC(C)N(C)CCC(CO)NC1CC1. The summed E-state index contributed by atoms with van der Waals surface area (Å²) in [5, 5.41) is 12.8. The van der Waals surface area contributed by atoms with Gasteiger partial charge >= 0.3 is 0 Å². The maximum absolute atomic E-state index is 9.28. The van der Waals surface area contributed by atoms with E-state index in [4.69, 9.17) is 0 Å². The molecule has 3 heteroatoms. The van der Waals surface area contributed by atoms with Crippen LogP contribution in [-0.2, 0) is 0 Å². The lowest BCUT2D eigenvalue weighted by Gasteiger charge is -2.26. The minimum atomic E-state index is 0.270. The second-order valence-corrected chi connectivity index (χ2v) is 5.23. The van der Waals surface area contributed by atoms with Crippen molar-refractivity contribution in [2.24, 2.45) is 0 Å². The first-order chi connectivity index (χ1) is 7.67. The van der Waals surface area contributed by atoms with Crippen molar-refractivity contribution >= 4 is 0 Å². The van der Waals surface area contributed by atoms with Gasteiger partial charge < -0.3 is 15.3 Å². The molecule has 0 heterocycles. The van der Waals surface area contributed by atoms with Crippen molar-refractivity contribution in [3.8, 4) is 0 Å². The molecule has 3 nitrogen and oxygen atoms in total. The summed E-state index contributed by atoms with van der Waals surface area (Å²) in [6.45, 7) is 5.86. The van der Waals surface area contributed by atoms with Gasteiger partial charge in [0.1, 0.15) is 0 Å². The van der Waals surface area contributed by atoms with Gasteiger partial charge in [-0.3, -0.25) is 0 Å². The zero-order chi connectivity index (χ0) is 12.0. The minimum Gasteiger partial charge on any atom is -0.395 e. The Hall–Kier alpha value is -0.120. The van der Waals surface area contributed by atoms with E-state index in [0.29, 0.717) is 18.1 Å². The zero-order valence-corrected chi connectivity index (χ0v) is 11.1. The summed E-state index contributed by atoms with van der Waals surface area (Å²) in [5.74, 6) is 0. The monoisotopic (exact) mass is 228 g/mol. The van der Waals surface area contributed by atoms with Crippen LogP contribution in [0.5, 0.6) is 0 Å². The summed E-state index contributed by atoms with van der Waals surface area (Å²) in [6.07, 6.45) is 6.14. The number of nitrogens with one attached hydrogen (secondary N) is 1. The number of nitrogens with zero attached hydrogens (tertiary/aromatic N) is 1. The summed E-state index contributed by atoms with van der Waals surface area (Å²) < 4.78 is 0. The van der Waals surface area contributed by atoms with Gasteiger partial charge in [-0.2, -0.15) is 0 Å². The van der Waals surface area contributed by atoms with E-state index in [1.807, 2.05) is 0 Å². The lowest BCUT2D eigenvalue weighted by molar-refractivity contribution is 0.194. The normalized spacial score (nSPS) is 20.1. The van der Waals surface area contributed by atoms with Crippen LogP contribution in [0.3, 0.4) is 0 Å². The first-order valence-corrected chi connectivity index (χ1v) is 6.74. The quantitative estimate of drug-likeness (QED) is 0.629. The van der Waals surface area contributed by atoms with E-state index in [-0.39, 0.29) is 6.61 Å². The second kappa shape index (κ2) is 7.25. The van der Waals surface area contributed by atoms with Crippen LogP contribution >= 0.6 is 0 Å². The number of hydrogen-bond donors (Lipinski definition) is 2. The fourth-order valence-electron chi connectivity index (χ4n) is 2.03. The first-order valence-electron chi connectivity index (χ1n) is 6.74. The molecule has 0 aliphatic heterocycles. The molecule has 16 heavy (non-hydrogen) atoms. The minimum absolute atomic E-state index is 0.270. The third-order valence-electron chi connectivity index (χ3n) is 3.56. The van der Waals surface area contributed by atoms with Crippen molar-refractivity contribution in [3.05, 3.63) is 0 Å². The fourth-order valence-corrected chi connectivity index (χ4v) is 2.03. The molecule has 0 saturated heterocycles. The third-order valence-corrected chi connectivity index (χ3v) is 3.56. The Bertz CT molecular complexity index is 183. The predicted molar refractivity (Wildman–Crippen MR) is 68.6 cm³/mol. The molecular weight excluding hydrogens is 200 g/mol. The molecular formula is C13H28N2O. The van der Waals surface area contributed by atoms with Gasteiger partial charge in [0, 0.05) is 18.1 Å². The predicted octanol–water partition coefficient (Wildman–Crippen LogP) is 1.61. The largest absolute Gasteiger partial charge is 0.395 e. The molecule has 2 unspecified atom stereocenters. The highest BCUT2D eigenvalue weighted by molar-refractivity contribution is 4.85. The molecule has 0 aromatic carbocycles. The van der Waals surface area contributed by atoms with Crippen LogP contribution in [0.15, 0.2) is 0 Å². The standard InChI is InChI=1S/C13H28N2O/c1-4-5-11(2)15(3)9-8-13(10-16)14-12-6-7-12/h11-14,16H,4-10H2,1-3H3. The van der Waals surface area contributed by atoms with Crippen molar-refractivity contribution in [3.63, 3.8) is 0 Å². The van der Waals surface area contributed by atoms with Crippen molar-refractivity contribution in [1.82, 2.24) is 10.2 Å². The Labute approximate surface area is 100 Å². The highest BCUT2D eigenvalue weighted by Gasteiger charge is 2.24. The maximum Gasteiger partial charge on any atom is 0.0585 e. The van der Waals surface area contributed by atoms with E-state index in [0.717, 1.165) is 13.0 Å². The van der Waals surface area contributed by atoms with Gasteiger partial charge in [0.15, 0.2) is 0 Å². The Morgan fingerprint density at radius 2 is 2.06 bits per heavy atom. The molecule has 96 valence electrons. The zero-order valence-electron chi connectivity index (χ0n) is 11.1. The number of rotatable bonds is 9. The Balaban J connectivity index is 2.14.